The Bertz CT molecular complexity index is 366. The number of benzene rings is 1. The van der Waals surface area contributed by atoms with Crippen molar-refractivity contribution in [2.24, 2.45) is 0 Å². The lowest BCUT2D eigenvalue weighted by atomic mass is 10.1. The van der Waals surface area contributed by atoms with Crippen LogP contribution in [0.15, 0.2) is 16.6 Å². The number of alkyl halides is 1. The SMILES string of the molecule is COC(=O)c1cc(Cl)c(Br)cc1CBr. The van der Waals surface area contributed by atoms with Gasteiger partial charge in [0.15, 0.2) is 0 Å². The number of rotatable bonds is 2. The quantitative estimate of drug-likeness (QED) is 0.604. The standard InChI is InChI=1S/C9H7Br2ClO2/c1-14-9(13)6-3-8(12)7(11)2-5(6)4-10/h2-3H,4H2,1H3. The van der Waals surface area contributed by atoms with Gasteiger partial charge in [0.1, 0.15) is 0 Å². The van der Waals surface area contributed by atoms with E-state index in [1.54, 1.807) is 12.1 Å². The van der Waals surface area contributed by atoms with Crippen LogP contribution in [0.3, 0.4) is 0 Å². The summed E-state index contributed by atoms with van der Waals surface area (Å²) in [5.74, 6) is -0.381. The van der Waals surface area contributed by atoms with E-state index in [0.29, 0.717) is 15.9 Å². The molecular formula is C9H7Br2ClO2. The molecule has 0 atom stereocenters. The number of hydrogen-bond acceptors (Lipinski definition) is 2. The monoisotopic (exact) mass is 340 g/mol. The average molecular weight is 342 g/mol. The molecule has 0 unspecified atom stereocenters. The molecule has 1 rings (SSSR count). The number of carbonyl (C=O) groups excluding carboxylic acids is 1. The van der Waals surface area contributed by atoms with E-state index >= 15 is 0 Å². The predicted molar refractivity (Wildman–Crippen MR) is 63.1 cm³/mol. The summed E-state index contributed by atoms with van der Waals surface area (Å²) in [7, 11) is 1.34. The van der Waals surface area contributed by atoms with Crippen LogP contribution in [0, 0.1) is 0 Å². The highest BCUT2D eigenvalue weighted by atomic mass is 79.9. The second kappa shape index (κ2) is 5.14. The van der Waals surface area contributed by atoms with Crippen LogP contribution in [0.5, 0.6) is 0 Å². The Balaban J connectivity index is 3.27. The Labute approximate surface area is 104 Å². The Kier molecular flexibility index (Phi) is 4.41. The Morgan fingerprint density at radius 2 is 2.21 bits per heavy atom. The Hall–Kier alpha value is -0.0600. The maximum atomic E-state index is 11.3. The number of carbonyl (C=O) groups is 1. The summed E-state index contributed by atoms with van der Waals surface area (Å²) in [6.07, 6.45) is 0. The molecule has 0 aliphatic rings. The molecule has 0 saturated carbocycles. The fourth-order valence-electron chi connectivity index (χ4n) is 0.999. The van der Waals surface area contributed by atoms with Gasteiger partial charge < -0.3 is 4.74 Å². The van der Waals surface area contributed by atoms with Gasteiger partial charge in [0.2, 0.25) is 0 Å². The first-order valence-corrected chi connectivity index (χ1v) is 6.01. The smallest absolute Gasteiger partial charge is 0.338 e. The van der Waals surface area contributed by atoms with Gasteiger partial charge in [-0.3, -0.25) is 0 Å². The first-order chi connectivity index (χ1) is 6.60. The summed E-state index contributed by atoms with van der Waals surface area (Å²) in [5, 5.41) is 1.07. The molecule has 14 heavy (non-hydrogen) atoms. The van der Waals surface area contributed by atoms with Crippen molar-refractivity contribution < 1.29 is 9.53 Å². The molecule has 2 nitrogen and oxygen atoms in total. The molecule has 0 aliphatic carbocycles. The van der Waals surface area contributed by atoms with Crippen LogP contribution in [0.4, 0.5) is 0 Å². The normalized spacial score (nSPS) is 10.0. The average Bonchev–Trinajstić information content (AvgIpc) is 2.20. The number of hydrogen-bond donors (Lipinski definition) is 0. The molecule has 0 heterocycles. The molecule has 0 radical (unpaired) electrons. The molecule has 0 saturated heterocycles. The van der Waals surface area contributed by atoms with Crippen molar-refractivity contribution in [1.29, 1.82) is 0 Å². The molecular weight excluding hydrogens is 335 g/mol. The number of ether oxygens (including phenoxy) is 1. The van der Waals surface area contributed by atoms with E-state index in [1.165, 1.54) is 7.11 Å². The molecule has 1 aromatic carbocycles. The van der Waals surface area contributed by atoms with Crippen molar-refractivity contribution >= 4 is 49.4 Å². The molecule has 0 aliphatic heterocycles. The number of esters is 1. The number of methoxy groups -OCH3 is 1. The third-order valence-electron chi connectivity index (χ3n) is 1.70. The lowest BCUT2D eigenvalue weighted by Gasteiger charge is -2.07. The first-order valence-electron chi connectivity index (χ1n) is 3.72. The van der Waals surface area contributed by atoms with Crippen LogP contribution in [-0.4, -0.2) is 13.1 Å². The van der Waals surface area contributed by atoms with Crippen molar-refractivity contribution in [2.75, 3.05) is 7.11 Å². The third-order valence-corrected chi connectivity index (χ3v) is 3.50. The highest BCUT2D eigenvalue weighted by molar-refractivity contribution is 9.10. The lowest BCUT2D eigenvalue weighted by molar-refractivity contribution is 0.0600. The van der Waals surface area contributed by atoms with Gasteiger partial charge in [-0.1, -0.05) is 27.5 Å². The highest BCUT2D eigenvalue weighted by Gasteiger charge is 2.13. The minimum atomic E-state index is -0.381. The van der Waals surface area contributed by atoms with E-state index in [2.05, 4.69) is 36.6 Å². The second-order valence-electron chi connectivity index (χ2n) is 2.55. The summed E-state index contributed by atoms with van der Waals surface area (Å²) >= 11 is 12.5. The molecule has 0 fully saturated rings. The molecule has 0 N–H and O–H groups in total. The molecule has 76 valence electrons. The molecule has 1 aromatic rings. The van der Waals surface area contributed by atoms with Crippen LogP contribution in [0.25, 0.3) is 0 Å². The van der Waals surface area contributed by atoms with E-state index in [4.69, 9.17) is 11.6 Å². The van der Waals surface area contributed by atoms with Gasteiger partial charge in [0.25, 0.3) is 0 Å². The molecule has 5 heteroatoms. The summed E-state index contributed by atoms with van der Waals surface area (Å²) < 4.78 is 5.40. The zero-order valence-electron chi connectivity index (χ0n) is 7.31. The van der Waals surface area contributed by atoms with E-state index in [1.807, 2.05) is 0 Å². The number of halogens is 3. The van der Waals surface area contributed by atoms with Crippen LogP contribution >= 0.6 is 43.5 Å². The van der Waals surface area contributed by atoms with E-state index < -0.39 is 0 Å². The zero-order valence-corrected chi connectivity index (χ0v) is 11.2. The molecule has 0 amide bonds. The fraction of sp³-hybridized carbons (Fsp3) is 0.222. The van der Waals surface area contributed by atoms with Gasteiger partial charge in [0, 0.05) is 9.80 Å². The van der Waals surface area contributed by atoms with E-state index in [9.17, 15) is 4.79 Å². The zero-order chi connectivity index (χ0) is 10.7. The topological polar surface area (TPSA) is 26.3 Å². The summed E-state index contributed by atoms with van der Waals surface area (Å²) in [6, 6.07) is 3.39. The van der Waals surface area contributed by atoms with Crippen molar-refractivity contribution in [1.82, 2.24) is 0 Å². The largest absolute Gasteiger partial charge is 0.465 e. The Morgan fingerprint density at radius 3 is 2.71 bits per heavy atom. The third kappa shape index (κ3) is 2.49. The molecule has 0 bridgehead atoms. The van der Waals surface area contributed by atoms with Crippen molar-refractivity contribution in [3.05, 3.63) is 32.8 Å². The van der Waals surface area contributed by atoms with Crippen LogP contribution in [0.2, 0.25) is 5.02 Å². The van der Waals surface area contributed by atoms with Crippen LogP contribution in [0.1, 0.15) is 15.9 Å². The maximum absolute atomic E-state index is 11.3. The van der Waals surface area contributed by atoms with E-state index in [-0.39, 0.29) is 5.97 Å². The van der Waals surface area contributed by atoms with E-state index in [0.717, 1.165) is 10.0 Å². The van der Waals surface area contributed by atoms with Gasteiger partial charge in [-0.15, -0.1) is 0 Å². The first kappa shape index (κ1) is 12.0. The molecule has 0 aromatic heterocycles. The van der Waals surface area contributed by atoms with Gasteiger partial charge >= 0.3 is 5.97 Å². The van der Waals surface area contributed by atoms with Gasteiger partial charge in [-0.25, -0.2) is 4.79 Å². The van der Waals surface area contributed by atoms with Crippen molar-refractivity contribution in [2.45, 2.75) is 5.33 Å². The van der Waals surface area contributed by atoms with Crippen LogP contribution in [-0.2, 0) is 10.1 Å². The fourth-order valence-corrected chi connectivity index (χ4v) is 2.02. The summed E-state index contributed by atoms with van der Waals surface area (Å²) in [4.78, 5) is 11.3. The van der Waals surface area contributed by atoms with Gasteiger partial charge in [0.05, 0.1) is 17.7 Å². The van der Waals surface area contributed by atoms with Gasteiger partial charge in [-0.05, 0) is 33.6 Å². The van der Waals surface area contributed by atoms with Gasteiger partial charge in [-0.2, -0.15) is 0 Å². The minimum Gasteiger partial charge on any atom is -0.465 e. The van der Waals surface area contributed by atoms with Crippen LogP contribution < -0.4 is 0 Å². The summed E-state index contributed by atoms with van der Waals surface area (Å²) in [5.41, 5.74) is 1.32. The lowest BCUT2D eigenvalue weighted by Crippen LogP contribution is -2.04. The Morgan fingerprint density at radius 1 is 1.57 bits per heavy atom. The highest BCUT2D eigenvalue weighted by Crippen LogP contribution is 2.27. The van der Waals surface area contributed by atoms with Crippen molar-refractivity contribution in [3.63, 3.8) is 0 Å². The molecule has 0 spiro atoms. The minimum absolute atomic E-state index is 0.381. The second-order valence-corrected chi connectivity index (χ2v) is 4.37. The maximum Gasteiger partial charge on any atom is 0.338 e. The summed E-state index contributed by atoms with van der Waals surface area (Å²) in [6.45, 7) is 0. The predicted octanol–water partition coefficient (Wildman–Crippen LogP) is 3.78. The van der Waals surface area contributed by atoms with Crippen molar-refractivity contribution in [3.8, 4) is 0 Å².